The van der Waals surface area contributed by atoms with Crippen LogP contribution < -0.4 is 15.0 Å². The Bertz CT molecular complexity index is 773. The predicted octanol–water partition coefficient (Wildman–Crippen LogP) is 3.42. The lowest BCUT2D eigenvalue weighted by Crippen LogP contribution is -2.48. The first-order chi connectivity index (χ1) is 12.6. The minimum Gasteiger partial charge on any atom is -0.495 e. The molecule has 5 nitrogen and oxygen atoms in total. The quantitative estimate of drug-likeness (QED) is 0.872. The van der Waals surface area contributed by atoms with Crippen LogP contribution >= 0.6 is 11.6 Å². The molecule has 1 fully saturated rings. The van der Waals surface area contributed by atoms with Crippen LogP contribution in [0.3, 0.4) is 0 Å². The van der Waals surface area contributed by atoms with Crippen molar-refractivity contribution in [3.8, 4) is 5.75 Å². The summed E-state index contributed by atoms with van der Waals surface area (Å²) in [4.78, 5) is 16.8. The molecule has 0 bridgehead atoms. The Hall–Kier alpha value is -2.24. The van der Waals surface area contributed by atoms with E-state index in [-0.39, 0.29) is 5.91 Å². The van der Waals surface area contributed by atoms with Crippen molar-refractivity contribution in [2.45, 2.75) is 6.92 Å². The second-order valence-electron chi connectivity index (χ2n) is 6.47. The number of rotatable bonds is 5. The van der Waals surface area contributed by atoms with Gasteiger partial charge in [0.1, 0.15) is 5.75 Å². The molecule has 26 heavy (non-hydrogen) atoms. The van der Waals surface area contributed by atoms with Gasteiger partial charge in [0.2, 0.25) is 5.91 Å². The lowest BCUT2D eigenvalue weighted by atomic mass is 10.2. The van der Waals surface area contributed by atoms with Gasteiger partial charge in [-0.25, -0.2) is 0 Å². The normalized spacial score (nSPS) is 15.0. The molecule has 1 aliphatic rings. The Morgan fingerprint density at radius 2 is 1.88 bits per heavy atom. The minimum absolute atomic E-state index is 0.0277. The molecule has 0 spiro atoms. The first-order valence-electron chi connectivity index (χ1n) is 8.73. The van der Waals surface area contributed by atoms with Gasteiger partial charge in [0.15, 0.2) is 0 Å². The maximum atomic E-state index is 12.4. The molecule has 6 heteroatoms. The maximum Gasteiger partial charge on any atom is 0.238 e. The fourth-order valence-electron chi connectivity index (χ4n) is 3.17. The molecule has 1 amide bonds. The van der Waals surface area contributed by atoms with Gasteiger partial charge in [0.05, 0.1) is 30.1 Å². The molecule has 1 saturated heterocycles. The van der Waals surface area contributed by atoms with Crippen molar-refractivity contribution in [1.29, 1.82) is 0 Å². The van der Waals surface area contributed by atoms with E-state index in [0.717, 1.165) is 42.5 Å². The number of hydrogen-bond acceptors (Lipinski definition) is 4. The highest BCUT2D eigenvalue weighted by atomic mass is 35.5. The Labute approximate surface area is 159 Å². The summed E-state index contributed by atoms with van der Waals surface area (Å²) in [6.07, 6.45) is 0. The van der Waals surface area contributed by atoms with Crippen LogP contribution in [-0.4, -0.2) is 50.6 Å². The number of carbonyl (C=O) groups is 1. The summed E-state index contributed by atoms with van der Waals surface area (Å²) in [5, 5.41) is 3.73. The number of ether oxygens (including phenoxy) is 1. The molecule has 0 unspecified atom stereocenters. The van der Waals surface area contributed by atoms with E-state index in [1.165, 1.54) is 0 Å². The fraction of sp³-hybridized carbons (Fsp3) is 0.350. The molecule has 0 atom stereocenters. The zero-order valence-corrected chi connectivity index (χ0v) is 15.9. The average molecular weight is 374 g/mol. The minimum atomic E-state index is -0.0277. The molecular formula is C20H24ClN3O2. The Kier molecular flexibility index (Phi) is 6.01. The second kappa shape index (κ2) is 8.43. The molecule has 2 aromatic rings. The summed E-state index contributed by atoms with van der Waals surface area (Å²) >= 11 is 6.28. The van der Waals surface area contributed by atoms with Gasteiger partial charge in [0.25, 0.3) is 0 Å². The van der Waals surface area contributed by atoms with Crippen molar-refractivity contribution in [3.63, 3.8) is 0 Å². The van der Waals surface area contributed by atoms with Gasteiger partial charge in [-0.05, 0) is 36.8 Å². The van der Waals surface area contributed by atoms with Crippen LogP contribution in [0.15, 0.2) is 42.5 Å². The largest absolute Gasteiger partial charge is 0.495 e. The molecule has 3 rings (SSSR count). The third-order valence-corrected chi connectivity index (χ3v) is 4.88. The predicted molar refractivity (Wildman–Crippen MR) is 106 cm³/mol. The molecule has 0 saturated carbocycles. The highest BCUT2D eigenvalue weighted by Crippen LogP contribution is 2.27. The van der Waals surface area contributed by atoms with Gasteiger partial charge in [-0.2, -0.15) is 0 Å². The summed E-state index contributed by atoms with van der Waals surface area (Å²) in [5.41, 5.74) is 2.85. The Balaban J connectivity index is 1.54. The second-order valence-corrected chi connectivity index (χ2v) is 6.87. The van der Waals surface area contributed by atoms with E-state index in [4.69, 9.17) is 16.3 Å². The summed E-state index contributed by atoms with van der Waals surface area (Å²) in [5.74, 6) is 0.646. The standard InChI is InChI=1S/C20H24ClN3O2/c1-15-7-8-19(26-2)17(13-15)22-20(25)14-23-9-11-24(12-10-23)18-6-4-3-5-16(18)21/h3-8,13H,9-12,14H2,1-2H3,(H,22,25). The number of para-hydroxylation sites is 1. The van der Waals surface area contributed by atoms with Gasteiger partial charge in [-0.3, -0.25) is 9.69 Å². The number of nitrogens with one attached hydrogen (secondary N) is 1. The van der Waals surface area contributed by atoms with E-state index in [2.05, 4.69) is 15.1 Å². The molecule has 2 aromatic carbocycles. The Morgan fingerprint density at radius 3 is 2.58 bits per heavy atom. The maximum absolute atomic E-state index is 12.4. The summed E-state index contributed by atoms with van der Waals surface area (Å²) in [6, 6.07) is 13.6. The summed E-state index contributed by atoms with van der Waals surface area (Å²) in [7, 11) is 1.61. The van der Waals surface area contributed by atoms with Gasteiger partial charge in [-0.1, -0.05) is 29.8 Å². The van der Waals surface area contributed by atoms with E-state index in [0.29, 0.717) is 18.0 Å². The summed E-state index contributed by atoms with van der Waals surface area (Å²) < 4.78 is 5.32. The van der Waals surface area contributed by atoms with Crippen molar-refractivity contribution in [2.24, 2.45) is 0 Å². The number of benzene rings is 2. The first kappa shape index (κ1) is 18.5. The number of amides is 1. The number of methoxy groups -OCH3 is 1. The van der Waals surface area contributed by atoms with Gasteiger partial charge < -0.3 is 15.0 Å². The van der Waals surface area contributed by atoms with Gasteiger partial charge in [0, 0.05) is 26.2 Å². The first-order valence-corrected chi connectivity index (χ1v) is 9.11. The molecule has 0 aliphatic carbocycles. The van der Waals surface area contributed by atoms with E-state index < -0.39 is 0 Å². The molecular weight excluding hydrogens is 350 g/mol. The number of halogens is 1. The van der Waals surface area contributed by atoms with Crippen LogP contribution in [0.1, 0.15) is 5.56 Å². The number of hydrogen-bond donors (Lipinski definition) is 1. The molecule has 138 valence electrons. The van der Waals surface area contributed by atoms with E-state index in [1.807, 2.05) is 49.4 Å². The van der Waals surface area contributed by atoms with Crippen molar-refractivity contribution in [3.05, 3.63) is 53.1 Å². The van der Waals surface area contributed by atoms with Crippen LogP contribution in [0.5, 0.6) is 5.75 Å². The van der Waals surface area contributed by atoms with Gasteiger partial charge in [-0.15, -0.1) is 0 Å². The lowest BCUT2D eigenvalue weighted by Gasteiger charge is -2.36. The zero-order valence-electron chi connectivity index (χ0n) is 15.2. The third-order valence-electron chi connectivity index (χ3n) is 4.56. The smallest absolute Gasteiger partial charge is 0.238 e. The molecule has 1 heterocycles. The lowest BCUT2D eigenvalue weighted by molar-refractivity contribution is -0.117. The summed E-state index contributed by atoms with van der Waals surface area (Å²) in [6.45, 7) is 5.71. The molecule has 1 N–H and O–H groups in total. The number of aryl methyl sites for hydroxylation is 1. The van der Waals surface area contributed by atoms with E-state index in [9.17, 15) is 4.79 Å². The molecule has 0 radical (unpaired) electrons. The SMILES string of the molecule is COc1ccc(C)cc1NC(=O)CN1CCN(c2ccccc2Cl)CC1. The van der Waals surface area contributed by atoms with Crippen LogP contribution in [0, 0.1) is 6.92 Å². The van der Waals surface area contributed by atoms with Crippen molar-refractivity contribution in [1.82, 2.24) is 4.90 Å². The number of piperazine rings is 1. The van der Waals surface area contributed by atoms with Crippen molar-refractivity contribution in [2.75, 3.05) is 50.1 Å². The topological polar surface area (TPSA) is 44.8 Å². The van der Waals surface area contributed by atoms with Crippen LogP contribution in [0.25, 0.3) is 0 Å². The monoisotopic (exact) mass is 373 g/mol. The number of carbonyl (C=O) groups excluding carboxylic acids is 1. The van der Waals surface area contributed by atoms with Crippen LogP contribution in [0.2, 0.25) is 5.02 Å². The number of nitrogens with zero attached hydrogens (tertiary/aromatic N) is 2. The van der Waals surface area contributed by atoms with E-state index >= 15 is 0 Å². The molecule has 1 aliphatic heterocycles. The van der Waals surface area contributed by atoms with Crippen LogP contribution in [0.4, 0.5) is 11.4 Å². The Morgan fingerprint density at radius 1 is 1.15 bits per heavy atom. The zero-order chi connectivity index (χ0) is 18.5. The van der Waals surface area contributed by atoms with Gasteiger partial charge >= 0.3 is 0 Å². The highest BCUT2D eigenvalue weighted by molar-refractivity contribution is 6.33. The fourth-order valence-corrected chi connectivity index (χ4v) is 3.42. The van der Waals surface area contributed by atoms with Crippen molar-refractivity contribution < 1.29 is 9.53 Å². The average Bonchev–Trinajstić information content (AvgIpc) is 2.63. The van der Waals surface area contributed by atoms with Crippen molar-refractivity contribution >= 4 is 28.9 Å². The van der Waals surface area contributed by atoms with E-state index in [1.54, 1.807) is 7.11 Å². The highest BCUT2D eigenvalue weighted by Gasteiger charge is 2.20. The third kappa shape index (κ3) is 4.48. The van der Waals surface area contributed by atoms with Crippen LogP contribution in [-0.2, 0) is 4.79 Å². The molecule has 0 aromatic heterocycles. The number of anilines is 2.